The fraction of sp³-hybridized carbons (Fsp3) is 0.650. The van der Waals surface area contributed by atoms with Gasteiger partial charge in [-0.05, 0) is 50.3 Å². The van der Waals surface area contributed by atoms with Gasteiger partial charge in [-0.2, -0.15) is 0 Å². The molecule has 0 saturated carbocycles. The number of hydrogen-bond acceptors (Lipinski definition) is 3. The fourth-order valence-electron chi connectivity index (χ4n) is 3.16. The SMILES string of the molecule is CCNC(=NCCc1cc(F)cc(F)c1)N1CCC(OCCCOC)CC1. The largest absolute Gasteiger partial charge is 0.385 e. The molecule has 1 aliphatic rings. The van der Waals surface area contributed by atoms with E-state index >= 15 is 0 Å². The third kappa shape index (κ3) is 7.81. The summed E-state index contributed by atoms with van der Waals surface area (Å²) in [6, 6.07) is 3.61. The molecular formula is C20H31F2N3O2. The third-order valence-corrected chi connectivity index (χ3v) is 4.51. The molecule has 1 aromatic carbocycles. The summed E-state index contributed by atoms with van der Waals surface area (Å²) in [6.07, 6.45) is 3.64. The number of hydrogen-bond donors (Lipinski definition) is 1. The summed E-state index contributed by atoms with van der Waals surface area (Å²) in [5.41, 5.74) is 0.621. The van der Waals surface area contributed by atoms with E-state index in [0.29, 0.717) is 18.5 Å². The van der Waals surface area contributed by atoms with Crippen LogP contribution in [0.5, 0.6) is 0 Å². The maximum absolute atomic E-state index is 13.3. The second-order valence-corrected chi connectivity index (χ2v) is 6.67. The quantitative estimate of drug-likeness (QED) is 0.405. The van der Waals surface area contributed by atoms with Crippen molar-refractivity contribution in [3.8, 4) is 0 Å². The first-order valence-corrected chi connectivity index (χ1v) is 9.71. The zero-order valence-electron chi connectivity index (χ0n) is 16.3. The molecule has 1 aliphatic heterocycles. The van der Waals surface area contributed by atoms with E-state index in [9.17, 15) is 8.78 Å². The number of ether oxygens (including phenoxy) is 2. The highest BCUT2D eigenvalue weighted by atomic mass is 19.1. The first-order chi connectivity index (χ1) is 13.1. The number of likely N-dealkylation sites (tertiary alicyclic amines) is 1. The predicted octanol–water partition coefficient (Wildman–Crippen LogP) is 2.99. The Morgan fingerprint density at radius 1 is 1.19 bits per heavy atom. The van der Waals surface area contributed by atoms with E-state index in [1.807, 2.05) is 6.92 Å². The van der Waals surface area contributed by atoms with Crippen LogP contribution in [0.15, 0.2) is 23.2 Å². The normalized spacial score (nSPS) is 16.0. The minimum Gasteiger partial charge on any atom is -0.385 e. The maximum Gasteiger partial charge on any atom is 0.193 e. The van der Waals surface area contributed by atoms with E-state index in [1.54, 1.807) is 7.11 Å². The van der Waals surface area contributed by atoms with Crippen molar-refractivity contribution in [1.29, 1.82) is 0 Å². The van der Waals surface area contributed by atoms with Gasteiger partial charge < -0.3 is 19.7 Å². The van der Waals surface area contributed by atoms with Crippen LogP contribution in [-0.4, -0.2) is 63.5 Å². The Morgan fingerprint density at radius 3 is 2.52 bits per heavy atom. The molecule has 0 aliphatic carbocycles. The molecule has 7 heteroatoms. The number of guanidine groups is 1. The second kappa shape index (κ2) is 11.9. The summed E-state index contributed by atoms with van der Waals surface area (Å²) in [7, 11) is 1.70. The van der Waals surface area contributed by atoms with E-state index < -0.39 is 11.6 Å². The molecule has 0 amide bonds. The lowest BCUT2D eigenvalue weighted by atomic mass is 10.1. The Hall–Kier alpha value is -1.73. The van der Waals surface area contributed by atoms with E-state index in [2.05, 4.69) is 15.2 Å². The fourth-order valence-corrected chi connectivity index (χ4v) is 3.16. The molecule has 1 heterocycles. The number of rotatable bonds is 9. The number of methoxy groups -OCH3 is 1. The lowest BCUT2D eigenvalue weighted by molar-refractivity contribution is 0.00991. The van der Waals surface area contributed by atoms with Crippen LogP contribution in [0, 0.1) is 11.6 Å². The van der Waals surface area contributed by atoms with Crippen molar-refractivity contribution in [2.45, 2.75) is 38.7 Å². The lowest BCUT2D eigenvalue weighted by Gasteiger charge is -2.34. The van der Waals surface area contributed by atoms with E-state index in [0.717, 1.165) is 64.1 Å². The number of piperidine rings is 1. The van der Waals surface area contributed by atoms with Crippen LogP contribution in [0.1, 0.15) is 31.7 Å². The highest BCUT2D eigenvalue weighted by molar-refractivity contribution is 5.80. The van der Waals surface area contributed by atoms with Crippen LogP contribution >= 0.6 is 0 Å². The summed E-state index contributed by atoms with van der Waals surface area (Å²) >= 11 is 0. The van der Waals surface area contributed by atoms with Crippen molar-refractivity contribution in [2.24, 2.45) is 4.99 Å². The van der Waals surface area contributed by atoms with Gasteiger partial charge in [0.2, 0.25) is 0 Å². The molecule has 152 valence electrons. The van der Waals surface area contributed by atoms with Gasteiger partial charge in [-0.25, -0.2) is 8.78 Å². The number of benzene rings is 1. The molecule has 0 unspecified atom stereocenters. The summed E-state index contributed by atoms with van der Waals surface area (Å²) in [4.78, 5) is 6.86. The molecule has 0 aromatic heterocycles. The van der Waals surface area contributed by atoms with Crippen molar-refractivity contribution in [3.05, 3.63) is 35.4 Å². The molecule has 0 radical (unpaired) electrons. The lowest BCUT2D eigenvalue weighted by Crippen LogP contribution is -2.47. The monoisotopic (exact) mass is 383 g/mol. The standard InChI is InChI=1S/C20H31F2N3O2/c1-3-23-20(24-8-5-16-13-17(21)15-18(22)14-16)25-9-6-19(7-10-25)27-12-4-11-26-2/h13-15,19H,3-12H2,1-2H3,(H,23,24). The van der Waals surface area contributed by atoms with Crippen LogP contribution in [0.3, 0.4) is 0 Å². The minimum absolute atomic E-state index is 0.288. The Kier molecular flexibility index (Phi) is 9.48. The Morgan fingerprint density at radius 2 is 1.89 bits per heavy atom. The van der Waals surface area contributed by atoms with E-state index in [-0.39, 0.29) is 6.10 Å². The van der Waals surface area contributed by atoms with Crippen molar-refractivity contribution in [2.75, 3.05) is 46.5 Å². The van der Waals surface area contributed by atoms with Crippen molar-refractivity contribution in [1.82, 2.24) is 10.2 Å². The molecule has 1 fully saturated rings. The molecule has 1 saturated heterocycles. The topological polar surface area (TPSA) is 46.1 Å². The summed E-state index contributed by atoms with van der Waals surface area (Å²) in [5.74, 6) is -0.242. The molecule has 2 rings (SSSR count). The van der Waals surface area contributed by atoms with E-state index in [4.69, 9.17) is 9.47 Å². The minimum atomic E-state index is -0.548. The average Bonchev–Trinajstić information content (AvgIpc) is 2.64. The van der Waals surface area contributed by atoms with Crippen LogP contribution in [0.4, 0.5) is 8.78 Å². The van der Waals surface area contributed by atoms with Gasteiger partial charge in [0.1, 0.15) is 11.6 Å². The number of aliphatic imine (C=N–C) groups is 1. The van der Waals surface area contributed by atoms with Gasteiger partial charge in [-0.15, -0.1) is 0 Å². The number of nitrogens with one attached hydrogen (secondary N) is 1. The summed E-state index contributed by atoms with van der Waals surface area (Å²) in [6.45, 7) is 6.52. The number of nitrogens with zero attached hydrogens (tertiary/aromatic N) is 2. The third-order valence-electron chi connectivity index (χ3n) is 4.51. The zero-order valence-corrected chi connectivity index (χ0v) is 16.3. The maximum atomic E-state index is 13.3. The summed E-state index contributed by atoms with van der Waals surface area (Å²) in [5, 5.41) is 3.31. The van der Waals surface area contributed by atoms with Crippen LogP contribution in [0.25, 0.3) is 0 Å². The average molecular weight is 383 g/mol. The smallest absolute Gasteiger partial charge is 0.193 e. The van der Waals surface area contributed by atoms with Crippen molar-refractivity contribution < 1.29 is 18.3 Å². The Labute approximate surface area is 160 Å². The molecule has 1 N–H and O–H groups in total. The first-order valence-electron chi connectivity index (χ1n) is 9.71. The first kappa shape index (κ1) is 21.6. The molecule has 1 aromatic rings. The molecule has 5 nitrogen and oxygen atoms in total. The van der Waals surface area contributed by atoms with Crippen molar-refractivity contribution >= 4 is 5.96 Å². The van der Waals surface area contributed by atoms with Gasteiger partial charge in [-0.3, -0.25) is 4.99 Å². The molecule has 0 spiro atoms. The Bertz CT molecular complexity index is 570. The Balaban J connectivity index is 1.81. The van der Waals surface area contributed by atoms with Crippen LogP contribution < -0.4 is 5.32 Å². The van der Waals surface area contributed by atoms with Gasteiger partial charge in [0.15, 0.2) is 5.96 Å². The summed E-state index contributed by atoms with van der Waals surface area (Å²) < 4.78 is 37.5. The number of halogens is 2. The van der Waals surface area contributed by atoms with Gasteiger partial charge >= 0.3 is 0 Å². The van der Waals surface area contributed by atoms with Gasteiger partial charge in [0.05, 0.1) is 6.10 Å². The van der Waals surface area contributed by atoms with Crippen LogP contribution in [-0.2, 0) is 15.9 Å². The predicted molar refractivity (Wildman–Crippen MR) is 103 cm³/mol. The zero-order chi connectivity index (χ0) is 19.5. The van der Waals surface area contributed by atoms with Gasteiger partial charge in [-0.1, -0.05) is 0 Å². The highest BCUT2D eigenvalue weighted by Gasteiger charge is 2.21. The molecule has 0 atom stereocenters. The molecule has 27 heavy (non-hydrogen) atoms. The van der Waals surface area contributed by atoms with Gasteiger partial charge in [0.25, 0.3) is 0 Å². The van der Waals surface area contributed by atoms with Crippen LogP contribution in [0.2, 0.25) is 0 Å². The van der Waals surface area contributed by atoms with Crippen molar-refractivity contribution in [3.63, 3.8) is 0 Å². The van der Waals surface area contributed by atoms with E-state index in [1.165, 1.54) is 12.1 Å². The highest BCUT2D eigenvalue weighted by Crippen LogP contribution is 2.14. The molecule has 0 bridgehead atoms. The second-order valence-electron chi connectivity index (χ2n) is 6.67. The van der Waals surface area contributed by atoms with Gasteiger partial charge in [0, 0.05) is 52.6 Å². The molecular weight excluding hydrogens is 352 g/mol.